The summed E-state index contributed by atoms with van der Waals surface area (Å²) in [6.07, 6.45) is 16.7. The number of nitriles is 1. The normalized spacial score (nSPS) is 22.7. The summed E-state index contributed by atoms with van der Waals surface area (Å²) in [5.41, 5.74) is 11.1. The lowest BCUT2D eigenvalue weighted by molar-refractivity contribution is -0.134. The van der Waals surface area contributed by atoms with E-state index in [-0.39, 0.29) is 40.8 Å². The van der Waals surface area contributed by atoms with Crippen molar-refractivity contribution >= 4 is 44.7 Å². The maximum atomic E-state index is 16.0. The number of carbonyl (C=O) groups excluding carboxylic acids is 2. The molecule has 19 heteroatoms. The molecule has 70 heavy (non-hydrogen) atoms. The van der Waals surface area contributed by atoms with Crippen LogP contribution in [0.4, 0.5) is 15.1 Å². The SMILES string of the molecule is CCn1nc(C2CCC(=O)NC2=O)c2cc(F)c(N3CCC4(CCN(CC5(COc6cc(Oc7cncnc7)nc(-c7noc8c7CCC[C@@]87CCCc8sc(N)c(C#N)c87)n6)CC5)CC4)CC3)cc21. The average molecular weight is 967 g/mol. The minimum Gasteiger partial charge on any atom is -0.477 e. The molecule has 3 aliphatic carbocycles. The van der Waals surface area contributed by atoms with E-state index in [1.165, 1.54) is 17.7 Å². The Balaban J connectivity index is 0.717. The van der Waals surface area contributed by atoms with Crippen molar-refractivity contribution in [2.24, 2.45) is 10.8 Å². The van der Waals surface area contributed by atoms with Gasteiger partial charge in [0.05, 0.1) is 58.9 Å². The molecule has 3 saturated heterocycles. The summed E-state index contributed by atoms with van der Waals surface area (Å²) in [6, 6.07) is 7.55. The third kappa shape index (κ3) is 7.83. The Kier molecular flexibility index (Phi) is 11.1. The number of rotatable bonds is 11. The highest BCUT2D eigenvalue weighted by atomic mass is 32.1. The van der Waals surface area contributed by atoms with Gasteiger partial charge in [-0.1, -0.05) is 5.16 Å². The fourth-order valence-electron chi connectivity index (χ4n) is 12.3. The highest BCUT2D eigenvalue weighted by molar-refractivity contribution is 7.16. The van der Waals surface area contributed by atoms with Crippen molar-refractivity contribution in [3.63, 3.8) is 0 Å². The smallest absolute Gasteiger partial charge is 0.235 e. The molecule has 2 atom stereocenters. The first-order valence-corrected chi connectivity index (χ1v) is 25.6. The Hall–Kier alpha value is -6.52. The number of fused-ring (bicyclic) bond motifs is 5. The fourth-order valence-corrected chi connectivity index (χ4v) is 13.5. The van der Waals surface area contributed by atoms with Gasteiger partial charge in [0.2, 0.25) is 23.6 Å². The number of nitrogens with one attached hydrogen (secondary N) is 1. The Morgan fingerprint density at radius 3 is 2.47 bits per heavy atom. The number of aromatic nitrogens is 7. The summed E-state index contributed by atoms with van der Waals surface area (Å²) >= 11 is 1.52. The molecule has 2 spiro atoms. The predicted octanol–water partition coefficient (Wildman–Crippen LogP) is 7.76. The van der Waals surface area contributed by atoms with Crippen LogP contribution in [0.2, 0.25) is 0 Å². The van der Waals surface area contributed by atoms with Crippen LogP contribution in [0, 0.1) is 28.0 Å². The summed E-state index contributed by atoms with van der Waals surface area (Å²) in [5, 5.41) is 23.2. The van der Waals surface area contributed by atoms with E-state index in [0.29, 0.717) is 70.1 Å². The van der Waals surface area contributed by atoms with Crippen molar-refractivity contribution < 1.29 is 28.0 Å². The van der Waals surface area contributed by atoms with Gasteiger partial charge in [-0.2, -0.15) is 20.3 Å². The van der Waals surface area contributed by atoms with Crippen LogP contribution in [0.5, 0.6) is 17.5 Å². The summed E-state index contributed by atoms with van der Waals surface area (Å²) in [7, 11) is 0. The van der Waals surface area contributed by atoms with Crippen molar-refractivity contribution in [1.82, 2.24) is 45.1 Å². The number of amides is 2. The molecule has 17 nitrogen and oxygen atoms in total. The number of nitrogen functional groups attached to an aromatic ring is 1. The number of ether oxygens (including phenoxy) is 2. The van der Waals surface area contributed by atoms with Crippen LogP contribution in [-0.2, 0) is 34.4 Å². The fraction of sp³-hybridized carbons (Fsp3) is 0.510. The van der Waals surface area contributed by atoms with Gasteiger partial charge in [0.15, 0.2) is 23.0 Å². The number of hydrogen-bond acceptors (Lipinski definition) is 16. The maximum Gasteiger partial charge on any atom is 0.235 e. The lowest BCUT2D eigenvalue weighted by Gasteiger charge is -2.48. The largest absolute Gasteiger partial charge is 0.477 e. The number of anilines is 2. The summed E-state index contributed by atoms with van der Waals surface area (Å²) in [4.78, 5) is 48.6. The van der Waals surface area contributed by atoms with Crippen LogP contribution in [0.3, 0.4) is 0 Å². The molecule has 12 rings (SSSR count). The highest BCUT2D eigenvalue weighted by Crippen LogP contribution is 2.55. The molecule has 0 bridgehead atoms. The molecule has 3 aliphatic heterocycles. The standard InChI is InChI=1S/C51H55FN12O5S/c1-2-64-36-22-37(35(52)21-33(36)43(60-64)32-7-8-39(65)57-48(32)66)63-19-15-49(16-20-63)13-17-62(18-14-49)27-50(11-12-50)28-67-40-23-41(68-30-25-55-29-56-26-30)59-47(58-40)44-31-5-3-9-51(45(31)69-61-44)10-4-6-38-42(51)34(24-53)46(54)70-38/h21-23,25-26,29,32H,2-20,27-28,54H2,1H3,(H,57,65,66)/t32?,51-/m0/s1. The first-order chi connectivity index (χ1) is 34.1. The quantitative estimate of drug-likeness (QED) is 0.119. The Morgan fingerprint density at radius 1 is 0.971 bits per heavy atom. The van der Waals surface area contributed by atoms with E-state index >= 15 is 4.39 Å². The maximum absolute atomic E-state index is 16.0. The zero-order chi connectivity index (χ0) is 47.8. The second-order valence-corrected chi connectivity index (χ2v) is 21.6. The Bertz CT molecular complexity index is 3070. The molecule has 1 aromatic carbocycles. The number of halogens is 1. The van der Waals surface area contributed by atoms with Gasteiger partial charge in [0.25, 0.3) is 0 Å². The van der Waals surface area contributed by atoms with E-state index in [1.54, 1.807) is 24.5 Å². The minimum atomic E-state index is -0.580. The van der Waals surface area contributed by atoms with Gasteiger partial charge in [0.1, 0.15) is 23.2 Å². The van der Waals surface area contributed by atoms with Crippen LogP contribution in [0.15, 0.2) is 41.4 Å². The number of likely N-dealkylation sites (tertiary alicyclic amines) is 1. The zero-order valence-corrected chi connectivity index (χ0v) is 40.1. The van der Waals surface area contributed by atoms with Gasteiger partial charge in [0, 0.05) is 53.8 Å². The summed E-state index contributed by atoms with van der Waals surface area (Å²) < 4.78 is 37.0. The predicted molar refractivity (Wildman–Crippen MR) is 257 cm³/mol. The lowest BCUT2D eigenvalue weighted by Crippen LogP contribution is -2.48. The second-order valence-electron chi connectivity index (χ2n) is 20.5. The van der Waals surface area contributed by atoms with Crippen molar-refractivity contribution in [3.8, 4) is 35.1 Å². The van der Waals surface area contributed by atoms with Gasteiger partial charge in [-0.15, -0.1) is 11.3 Å². The number of nitrogens with zero attached hydrogens (tertiary/aromatic N) is 10. The third-order valence-corrected chi connectivity index (χ3v) is 17.4. The van der Waals surface area contributed by atoms with Gasteiger partial charge in [-0.25, -0.2) is 14.4 Å². The van der Waals surface area contributed by atoms with Crippen molar-refractivity contribution in [2.45, 2.75) is 115 Å². The number of benzene rings is 1. The average Bonchev–Trinajstić information content (AvgIpc) is 3.64. The molecule has 3 N–H and O–H groups in total. The van der Waals surface area contributed by atoms with Gasteiger partial charge in [-0.05, 0) is 127 Å². The van der Waals surface area contributed by atoms with Crippen molar-refractivity contribution in [2.75, 3.05) is 50.0 Å². The number of thiophene rings is 1. The van der Waals surface area contributed by atoms with Crippen molar-refractivity contribution in [3.05, 3.63) is 75.8 Å². The second kappa shape index (κ2) is 17.4. The summed E-state index contributed by atoms with van der Waals surface area (Å²) in [5.74, 6) is 0.674. The number of aryl methyl sites for hydroxylation is 2. The van der Waals surface area contributed by atoms with E-state index in [9.17, 15) is 14.9 Å². The molecule has 6 aliphatic rings. The van der Waals surface area contributed by atoms with E-state index < -0.39 is 11.3 Å². The Morgan fingerprint density at radius 2 is 1.73 bits per heavy atom. The minimum absolute atomic E-state index is 0.00544. The first kappa shape index (κ1) is 44.7. The number of imide groups is 1. The molecule has 1 unspecified atom stereocenters. The molecule has 362 valence electrons. The molecule has 4 fully saturated rings. The van der Waals surface area contributed by atoms with Gasteiger partial charge < -0.3 is 29.5 Å². The zero-order valence-electron chi connectivity index (χ0n) is 39.3. The molecule has 1 saturated carbocycles. The number of hydrogen-bond donors (Lipinski definition) is 2. The number of carbonyl (C=O) groups is 2. The lowest BCUT2D eigenvalue weighted by atomic mass is 9.63. The van der Waals surface area contributed by atoms with Crippen LogP contribution in [0.1, 0.15) is 123 Å². The molecular weight excluding hydrogens is 912 g/mol. The van der Waals surface area contributed by atoms with Crippen molar-refractivity contribution in [1.29, 1.82) is 5.26 Å². The Labute approximate surface area is 407 Å². The van der Waals surface area contributed by atoms with E-state index in [4.69, 9.17) is 34.8 Å². The van der Waals surface area contributed by atoms with Gasteiger partial charge >= 0.3 is 0 Å². The molecule has 2 amide bonds. The molecule has 0 radical (unpaired) electrons. The number of piperidine rings is 3. The molecule has 8 heterocycles. The van der Waals surface area contributed by atoms with Crippen LogP contribution in [-0.4, -0.2) is 90.9 Å². The number of nitrogens with two attached hydrogens (primary N) is 1. The third-order valence-electron chi connectivity index (χ3n) is 16.3. The van der Waals surface area contributed by atoms with Crippen LogP contribution < -0.4 is 25.4 Å². The summed E-state index contributed by atoms with van der Waals surface area (Å²) in [6.45, 7) is 7.56. The van der Waals surface area contributed by atoms with E-state index in [1.807, 2.05) is 17.7 Å². The van der Waals surface area contributed by atoms with E-state index in [0.717, 1.165) is 137 Å². The van der Waals surface area contributed by atoms with Gasteiger partial charge in [-0.3, -0.25) is 19.6 Å². The van der Waals surface area contributed by atoms with E-state index in [2.05, 4.69) is 36.3 Å². The first-order valence-electron chi connectivity index (χ1n) is 24.8. The van der Waals surface area contributed by atoms with Crippen LogP contribution in [0.25, 0.3) is 22.4 Å². The topological polar surface area (TPSA) is 216 Å². The molecule has 6 aromatic rings. The highest BCUT2D eigenvalue weighted by Gasteiger charge is 2.50. The van der Waals surface area contributed by atoms with Crippen LogP contribution >= 0.6 is 11.3 Å². The molecule has 5 aromatic heterocycles. The molecular formula is C51H55FN12O5S. The monoisotopic (exact) mass is 966 g/mol.